The van der Waals surface area contributed by atoms with Crippen molar-refractivity contribution in [2.24, 2.45) is 22.6 Å². The second-order valence-corrected chi connectivity index (χ2v) is 7.98. The van der Waals surface area contributed by atoms with Crippen LogP contribution in [0.4, 0.5) is 8.78 Å². The number of hydrogen-bond acceptors (Lipinski definition) is 2. The molecule has 32 heavy (non-hydrogen) atoms. The zero-order chi connectivity index (χ0) is 24.0. The number of amidine groups is 1. The summed E-state index contributed by atoms with van der Waals surface area (Å²) in [5.41, 5.74) is 7.61. The number of carbonyl (C=O) groups is 1. The summed E-state index contributed by atoms with van der Waals surface area (Å²) >= 11 is 0. The minimum Gasteiger partial charge on any atom is -0.496 e. The zero-order valence-corrected chi connectivity index (χ0v) is 19.2. The predicted molar refractivity (Wildman–Crippen MR) is 127 cm³/mol. The van der Waals surface area contributed by atoms with Crippen LogP contribution in [0.1, 0.15) is 61.2 Å². The van der Waals surface area contributed by atoms with E-state index in [1.807, 2.05) is 27.7 Å². The summed E-state index contributed by atoms with van der Waals surface area (Å²) in [6, 6.07) is 8.59. The van der Waals surface area contributed by atoms with E-state index in [0.717, 1.165) is 6.42 Å². The van der Waals surface area contributed by atoms with Crippen molar-refractivity contribution >= 4 is 23.1 Å². The first kappa shape index (κ1) is 25.0. The molecule has 0 unspecified atom stereocenters. The average molecular weight is 441 g/mol. The number of methoxy groups -OCH3 is 1. The van der Waals surface area contributed by atoms with Gasteiger partial charge in [-0.3, -0.25) is 4.79 Å². The van der Waals surface area contributed by atoms with Gasteiger partial charge in [-0.2, -0.15) is 4.99 Å². The number of nitrogens with two attached hydrogens (primary N) is 1. The van der Waals surface area contributed by atoms with Crippen LogP contribution in [0.15, 0.2) is 54.0 Å². The first-order chi connectivity index (χ1) is 15.1. The lowest BCUT2D eigenvalue weighted by atomic mass is 9.91. The van der Waals surface area contributed by atoms with E-state index >= 15 is 4.39 Å². The van der Waals surface area contributed by atoms with Crippen molar-refractivity contribution in [3.05, 3.63) is 77.1 Å². The number of ether oxygens (including phenoxy) is 1. The van der Waals surface area contributed by atoms with Crippen LogP contribution in [-0.2, 0) is 0 Å². The van der Waals surface area contributed by atoms with E-state index in [2.05, 4.69) is 11.6 Å². The van der Waals surface area contributed by atoms with Gasteiger partial charge in [-0.25, -0.2) is 8.78 Å². The number of carbonyl (C=O) groups excluding carboxylic acids is 1. The van der Waals surface area contributed by atoms with E-state index in [4.69, 9.17) is 10.5 Å². The summed E-state index contributed by atoms with van der Waals surface area (Å²) in [5, 5.41) is 0. The molecule has 1 atom stereocenters. The van der Waals surface area contributed by atoms with Gasteiger partial charge in [0, 0.05) is 28.7 Å². The molecular weight excluding hydrogens is 410 g/mol. The van der Waals surface area contributed by atoms with Crippen molar-refractivity contribution in [1.82, 2.24) is 0 Å². The molecule has 170 valence electrons. The maximum Gasteiger partial charge on any atom is 0.278 e. The van der Waals surface area contributed by atoms with Crippen molar-refractivity contribution in [3.63, 3.8) is 0 Å². The van der Waals surface area contributed by atoms with E-state index in [9.17, 15) is 9.18 Å². The molecule has 0 heterocycles. The van der Waals surface area contributed by atoms with Gasteiger partial charge in [-0.05, 0) is 53.8 Å². The Hall–Kier alpha value is -3.28. The Morgan fingerprint density at radius 1 is 1.16 bits per heavy atom. The molecule has 6 heteroatoms. The summed E-state index contributed by atoms with van der Waals surface area (Å²) in [7, 11) is 1.42. The Labute approximate surface area is 188 Å². The maximum absolute atomic E-state index is 15.2. The minimum absolute atomic E-state index is 0.0215. The Balaban J connectivity index is 2.67. The number of amides is 1. The van der Waals surface area contributed by atoms with Gasteiger partial charge in [0.05, 0.1) is 7.11 Å². The number of hydrogen-bond donors (Lipinski definition) is 1. The number of nitrogens with zero attached hydrogens (tertiary/aromatic N) is 1. The van der Waals surface area contributed by atoms with Crippen LogP contribution < -0.4 is 10.5 Å². The molecule has 4 nitrogen and oxygen atoms in total. The van der Waals surface area contributed by atoms with Gasteiger partial charge in [0.25, 0.3) is 5.91 Å². The number of benzene rings is 2. The van der Waals surface area contributed by atoms with Crippen molar-refractivity contribution < 1.29 is 18.3 Å². The summed E-state index contributed by atoms with van der Waals surface area (Å²) in [6.07, 6.45) is 2.31. The molecule has 0 radical (unpaired) electrons. The molecule has 1 amide bonds. The van der Waals surface area contributed by atoms with Gasteiger partial charge in [0.1, 0.15) is 23.2 Å². The van der Waals surface area contributed by atoms with Gasteiger partial charge in [-0.15, -0.1) is 0 Å². The molecule has 2 rings (SSSR count). The van der Waals surface area contributed by atoms with Crippen molar-refractivity contribution in [3.8, 4) is 5.75 Å². The highest BCUT2D eigenvalue weighted by Gasteiger charge is 2.19. The van der Waals surface area contributed by atoms with Crippen LogP contribution in [0.3, 0.4) is 0 Å². The number of halogens is 2. The van der Waals surface area contributed by atoms with Crippen LogP contribution >= 0.6 is 0 Å². The third-order valence-electron chi connectivity index (χ3n) is 5.23. The highest BCUT2D eigenvalue weighted by atomic mass is 19.1. The molecule has 2 aromatic rings. The summed E-state index contributed by atoms with van der Waals surface area (Å²) in [5.74, 6) is -1.03. The third kappa shape index (κ3) is 5.90. The quantitative estimate of drug-likeness (QED) is 0.381. The molecule has 0 aromatic heterocycles. The molecule has 0 fully saturated rings. The lowest BCUT2D eigenvalue weighted by Crippen LogP contribution is -2.20. The first-order valence-electron chi connectivity index (χ1n) is 10.5. The highest BCUT2D eigenvalue weighted by Crippen LogP contribution is 2.36. The van der Waals surface area contributed by atoms with E-state index in [1.54, 1.807) is 0 Å². The fraction of sp³-hybridized carbons (Fsp3) is 0.308. The molecule has 2 N–H and O–H groups in total. The SMILES string of the molecule is C=C(c1ccc(F)cc1OC)c1cc(C(=O)N=C(N)C(C)C)ccc1/C(F)=C\[C@H](C)CC. The summed E-state index contributed by atoms with van der Waals surface area (Å²) < 4.78 is 34.2. The fourth-order valence-corrected chi connectivity index (χ4v) is 2.96. The molecule has 0 saturated carbocycles. The molecule has 0 bridgehead atoms. The van der Waals surface area contributed by atoms with E-state index in [0.29, 0.717) is 16.7 Å². The second kappa shape index (κ2) is 10.8. The molecule has 0 aliphatic heterocycles. The predicted octanol–water partition coefficient (Wildman–Crippen LogP) is 6.41. The van der Waals surface area contributed by atoms with E-state index < -0.39 is 17.6 Å². The monoisotopic (exact) mass is 440 g/mol. The Kier molecular flexibility index (Phi) is 8.47. The minimum atomic E-state index is -0.533. The first-order valence-corrected chi connectivity index (χ1v) is 10.5. The van der Waals surface area contributed by atoms with Crippen LogP contribution in [0.5, 0.6) is 5.75 Å². The second-order valence-electron chi connectivity index (χ2n) is 7.98. The number of aliphatic imine (C=N–C) groups is 1. The molecule has 0 aliphatic carbocycles. The van der Waals surface area contributed by atoms with Gasteiger partial charge in [0.2, 0.25) is 0 Å². The van der Waals surface area contributed by atoms with E-state index in [1.165, 1.54) is 49.6 Å². The maximum atomic E-state index is 15.2. The van der Waals surface area contributed by atoms with Crippen LogP contribution in [-0.4, -0.2) is 18.9 Å². The number of allylic oxidation sites excluding steroid dienone is 1. The Morgan fingerprint density at radius 2 is 1.81 bits per heavy atom. The van der Waals surface area contributed by atoms with Crippen molar-refractivity contribution in [2.45, 2.75) is 34.1 Å². The molecular formula is C26H30F2N2O2. The van der Waals surface area contributed by atoms with Crippen LogP contribution in [0, 0.1) is 17.7 Å². The van der Waals surface area contributed by atoms with Crippen molar-refractivity contribution in [1.29, 1.82) is 0 Å². The normalized spacial score (nSPS) is 13.2. The Morgan fingerprint density at radius 3 is 2.41 bits per heavy atom. The van der Waals surface area contributed by atoms with Gasteiger partial charge < -0.3 is 10.5 Å². The molecule has 0 spiro atoms. The highest BCUT2D eigenvalue weighted by molar-refractivity contribution is 6.04. The molecule has 0 aliphatic rings. The molecule has 0 saturated heterocycles. The van der Waals surface area contributed by atoms with E-state index in [-0.39, 0.29) is 34.5 Å². The third-order valence-corrected chi connectivity index (χ3v) is 5.23. The van der Waals surface area contributed by atoms with Gasteiger partial charge in [-0.1, -0.05) is 40.3 Å². The van der Waals surface area contributed by atoms with Crippen molar-refractivity contribution in [2.75, 3.05) is 7.11 Å². The van der Waals surface area contributed by atoms with Gasteiger partial charge in [0.15, 0.2) is 0 Å². The summed E-state index contributed by atoms with van der Waals surface area (Å²) in [4.78, 5) is 16.6. The Bertz CT molecular complexity index is 1070. The molecule has 2 aromatic carbocycles. The van der Waals surface area contributed by atoms with Crippen LogP contribution in [0.2, 0.25) is 0 Å². The van der Waals surface area contributed by atoms with Crippen LogP contribution in [0.25, 0.3) is 11.4 Å². The largest absolute Gasteiger partial charge is 0.496 e. The average Bonchev–Trinajstić information content (AvgIpc) is 2.77. The zero-order valence-electron chi connectivity index (χ0n) is 19.2. The topological polar surface area (TPSA) is 64.7 Å². The fourth-order valence-electron chi connectivity index (χ4n) is 2.96. The number of rotatable bonds is 8. The lowest BCUT2D eigenvalue weighted by Gasteiger charge is -2.16. The smallest absolute Gasteiger partial charge is 0.278 e. The lowest BCUT2D eigenvalue weighted by molar-refractivity contribution is 0.100. The van der Waals surface area contributed by atoms with Gasteiger partial charge >= 0.3 is 0 Å². The summed E-state index contributed by atoms with van der Waals surface area (Å²) in [6.45, 7) is 11.6. The standard InChI is InChI=1S/C26H30F2N2O2/c1-7-16(4)12-23(28)21-10-8-18(26(31)30-25(29)15(2)3)13-22(21)17(5)20-11-9-19(27)14-24(20)32-6/h8-16H,5,7H2,1-4,6H3,(H2,29,30,31)/b23-12+/t16-/m1/s1.